The third kappa shape index (κ3) is 2.38. The van der Waals surface area contributed by atoms with E-state index in [9.17, 15) is 4.79 Å². The van der Waals surface area contributed by atoms with Gasteiger partial charge in [0.15, 0.2) is 0 Å². The summed E-state index contributed by atoms with van der Waals surface area (Å²) in [6.45, 7) is 1.43. The SMILES string of the molecule is CON=CC1=CCCN(C=O)C1. The molecule has 0 aromatic heterocycles. The Labute approximate surface area is 71.5 Å². The molecule has 1 aliphatic heterocycles. The largest absolute Gasteiger partial charge is 0.399 e. The highest BCUT2D eigenvalue weighted by Crippen LogP contribution is 2.05. The van der Waals surface area contributed by atoms with Crippen molar-refractivity contribution in [1.29, 1.82) is 0 Å². The topological polar surface area (TPSA) is 41.9 Å². The second kappa shape index (κ2) is 4.54. The number of oxime groups is 1. The number of nitrogens with zero attached hydrogens (tertiary/aromatic N) is 2. The molecule has 0 aromatic carbocycles. The van der Waals surface area contributed by atoms with Crippen LogP contribution in [-0.2, 0) is 9.63 Å². The van der Waals surface area contributed by atoms with Crippen molar-refractivity contribution in [3.05, 3.63) is 11.6 Å². The van der Waals surface area contributed by atoms with Gasteiger partial charge in [-0.2, -0.15) is 0 Å². The number of rotatable bonds is 3. The van der Waals surface area contributed by atoms with E-state index in [0.29, 0.717) is 6.54 Å². The highest BCUT2D eigenvalue weighted by molar-refractivity contribution is 5.79. The Kier molecular flexibility index (Phi) is 3.32. The van der Waals surface area contributed by atoms with Crippen molar-refractivity contribution in [1.82, 2.24) is 4.90 Å². The van der Waals surface area contributed by atoms with E-state index in [-0.39, 0.29) is 0 Å². The lowest BCUT2D eigenvalue weighted by Crippen LogP contribution is -2.28. The minimum atomic E-state index is 0.635. The van der Waals surface area contributed by atoms with Crippen LogP contribution in [0.1, 0.15) is 6.42 Å². The number of carbonyl (C=O) groups is 1. The summed E-state index contributed by atoms with van der Waals surface area (Å²) in [5.74, 6) is 0. The second-order valence-corrected chi connectivity index (χ2v) is 2.56. The van der Waals surface area contributed by atoms with E-state index >= 15 is 0 Å². The van der Waals surface area contributed by atoms with Crippen LogP contribution in [0, 0.1) is 0 Å². The fraction of sp³-hybridized carbons (Fsp3) is 0.500. The first-order valence-electron chi connectivity index (χ1n) is 3.81. The predicted octanol–water partition coefficient (Wildman–Crippen LogP) is 0.407. The molecule has 0 atom stereocenters. The van der Waals surface area contributed by atoms with E-state index in [0.717, 1.165) is 24.9 Å². The maximum absolute atomic E-state index is 10.4. The van der Waals surface area contributed by atoms with E-state index < -0.39 is 0 Å². The van der Waals surface area contributed by atoms with Gasteiger partial charge in [-0.25, -0.2) is 0 Å². The zero-order valence-corrected chi connectivity index (χ0v) is 7.06. The normalized spacial score (nSPS) is 17.8. The van der Waals surface area contributed by atoms with Crippen molar-refractivity contribution in [3.63, 3.8) is 0 Å². The Balaban J connectivity index is 2.49. The number of hydrogen-bond donors (Lipinski definition) is 0. The molecular weight excluding hydrogens is 156 g/mol. The maximum Gasteiger partial charge on any atom is 0.210 e. The van der Waals surface area contributed by atoms with Crippen LogP contribution in [0.2, 0.25) is 0 Å². The lowest BCUT2D eigenvalue weighted by molar-refractivity contribution is -0.117. The van der Waals surface area contributed by atoms with Crippen LogP contribution < -0.4 is 0 Å². The van der Waals surface area contributed by atoms with Crippen molar-refractivity contribution in [3.8, 4) is 0 Å². The summed E-state index contributed by atoms with van der Waals surface area (Å²) in [4.78, 5) is 16.6. The average Bonchev–Trinajstić information content (AvgIpc) is 2.15. The molecule has 1 rings (SSSR count). The molecule has 0 unspecified atom stereocenters. The first-order valence-corrected chi connectivity index (χ1v) is 3.81. The van der Waals surface area contributed by atoms with Crippen molar-refractivity contribution in [2.24, 2.45) is 5.16 Å². The third-order valence-electron chi connectivity index (χ3n) is 1.68. The first-order chi connectivity index (χ1) is 5.86. The van der Waals surface area contributed by atoms with Gasteiger partial charge in [0.1, 0.15) is 7.11 Å². The molecule has 0 saturated heterocycles. The van der Waals surface area contributed by atoms with Gasteiger partial charge in [-0.05, 0) is 12.0 Å². The lowest BCUT2D eigenvalue weighted by atomic mass is 10.1. The summed E-state index contributed by atoms with van der Waals surface area (Å²) in [6.07, 6.45) is 5.44. The second-order valence-electron chi connectivity index (χ2n) is 2.56. The van der Waals surface area contributed by atoms with Crippen molar-refractivity contribution >= 4 is 12.6 Å². The maximum atomic E-state index is 10.4. The molecule has 1 heterocycles. The minimum absolute atomic E-state index is 0.635. The van der Waals surface area contributed by atoms with E-state index in [4.69, 9.17) is 0 Å². The molecular formula is C8H12N2O2. The van der Waals surface area contributed by atoms with E-state index in [1.807, 2.05) is 0 Å². The van der Waals surface area contributed by atoms with Gasteiger partial charge in [0.2, 0.25) is 6.41 Å². The molecule has 0 aliphatic carbocycles. The highest BCUT2D eigenvalue weighted by atomic mass is 16.6. The Bertz CT molecular complexity index is 211. The van der Waals surface area contributed by atoms with Gasteiger partial charge < -0.3 is 9.74 Å². The van der Waals surface area contributed by atoms with Crippen LogP contribution in [0.15, 0.2) is 16.8 Å². The standard InChI is InChI=1S/C8H12N2O2/c1-12-9-5-8-3-2-4-10(6-8)7-11/h3,5,7H,2,4,6H2,1H3. The molecule has 4 nitrogen and oxygen atoms in total. The Hall–Kier alpha value is -1.32. The van der Waals surface area contributed by atoms with Crippen molar-refractivity contribution < 1.29 is 9.63 Å². The third-order valence-corrected chi connectivity index (χ3v) is 1.68. The summed E-state index contributed by atoms with van der Waals surface area (Å²) in [6, 6.07) is 0. The fourth-order valence-electron chi connectivity index (χ4n) is 1.10. The minimum Gasteiger partial charge on any atom is -0.399 e. The molecule has 0 bridgehead atoms. The van der Waals surface area contributed by atoms with Crippen LogP contribution >= 0.6 is 0 Å². The van der Waals surface area contributed by atoms with Crippen LogP contribution in [0.3, 0.4) is 0 Å². The Morgan fingerprint density at radius 2 is 2.58 bits per heavy atom. The molecule has 1 aliphatic rings. The van der Waals surface area contributed by atoms with Gasteiger partial charge >= 0.3 is 0 Å². The van der Waals surface area contributed by atoms with Gasteiger partial charge in [-0.1, -0.05) is 11.2 Å². The van der Waals surface area contributed by atoms with Crippen LogP contribution in [0.5, 0.6) is 0 Å². The molecule has 66 valence electrons. The molecule has 0 N–H and O–H groups in total. The first kappa shape index (κ1) is 8.77. The van der Waals surface area contributed by atoms with Crippen LogP contribution in [-0.4, -0.2) is 37.7 Å². The summed E-state index contributed by atoms with van der Waals surface area (Å²) >= 11 is 0. The average molecular weight is 168 g/mol. The van der Waals surface area contributed by atoms with Crippen molar-refractivity contribution in [2.45, 2.75) is 6.42 Å². The zero-order chi connectivity index (χ0) is 8.81. The molecule has 0 radical (unpaired) electrons. The van der Waals surface area contributed by atoms with E-state index in [1.54, 1.807) is 11.1 Å². The van der Waals surface area contributed by atoms with Gasteiger partial charge in [0.05, 0.1) is 6.21 Å². The van der Waals surface area contributed by atoms with E-state index in [1.165, 1.54) is 7.11 Å². The quantitative estimate of drug-likeness (QED) is 0.348. The molecule has 0 fully saturated rings. The zero-order valence-electron chi connectivity index (χ0n) is 7.06. The summed E-state index contributed by atoms with van der Waals surface area (Å²) in [5.41, 5.74) is 1.02. The van der Waals surface area contributed by atoms with Gasteiger partial charge in [-0.3, -0.25) is 4.79 Å². The molecule has 0 saturated carbocycles. The summed E-state index contributed by atoms with van der Waals surface area (Å²) in [7, 11) is 1.50. The molecule has 4 heteroatoms. The number of carbonyl (C=O) groups excluding carboxylic acids is 1. The van der Waals surface area contributed by atoms with Gasteiger partial charge in [0.25, 0.3) is 0 Å². The van der Waals surface area contributed by atoms with Gasteiger partial charge in [0, 0.05) is 13.1 Å². The fourth-order valence-corrected chi connectivity index (χ4v) is 1.10. The van der Waals surface area contributed by atoms with Crippen LogP contribution in [0.4, 0.5) is 0 Å². The number of hydrogen-bond acceptors (Lipinski definition) is 3. The Morgan fingerprint density at radius 3 is 3.25 bits per heavy atom. The molecule has 0 spiro atoms. The Morgan fingerprint density at radius 1 is 1.75 bits per heavy atom. The van der Waals surface area contributed by atoms with Crippen LogP contribution in [0.25, 0.3) is 0 Å². The lowest BCUT2D eigenvalue weighted by Gasteiger charge is -2.20. The molecule has 12 heavy (non-hydrogen) atoms. The van der Waals surface area contributed by atoms with Crippen molar-refractivity contribution in [2.75, 3.05) is 20.2 Å². The summed E-state index contributed by atoms with van der Waals surface area (Å²) in [5, 5.41) is 3.63. The predicted molar refractivity (Wildman–Crippen MR) is 45.8 cm³/mol. The van der Waals surface area contributed by atoms with Gasteiger partial charge in [-0.15, -0.1) is 0 Å². The monoisotopic (exact) mass is 168 g/mol. The molecule has 0 aromatic rings. The summed E-state index contributed by atoms with van der Waals surface area (Å²) < 4.78 is 0. The highest BCUT2D eigenvalue weighted by Gasteiger charge is 2.08. The smallest absolute Gasteiger partial charge is 0.210 e. The van der Waals surface area contributed by atoms with E-state index in [2.05, 4.69) is 16.1 Å². The number of amides is 1. The molecule has 1 amide bonds.